The first-order chi connectivity index (χ1) is 12.9. The van der Waals surface area contributed by atoms with Gasteiger partial charge in [-0.25, -0.2) is 4.39 Å². The molecule has 0 aliphatic carbocycles. The number of oxime groups is 1. The lowest BCUT2D eigenvalue weighted by Gasteiger charge is -2.26. The van der Waals surface area contributed by atoms with Gasteiger partial charge < -0.3 is 9.74 Å². The number of benzene rings is 2. The van der Waals surface area contributed by atoms with Crippen molar-refractivity contribution in [1.82, 2.24) is 4.90 Å². The first-order valence-corrected chi connectivity index (χ1v) is 9.25. The zero-order valence-corrected chi connectivity index (χ0v) is 16.0. The first-order valence-electron chi connectivity index (χ1n) is 9.25. The van der Waals surface area contributed by atoms with Crippen molar-refractivity contribution >= 4 is 11.6 Å². The predicted molar refractivity (Wildman–Crippen MR) is 104 cm³/mol. The fraction of sp³-hybridized carbons (Fsp3) is 0.364. The fourth-order valence-electron chi connectivity index (χ4n) is 3.14. The molecule has 2 aromatic rings. The minimum Gasteiger partial charge on any atom is -0.390 e. The summed E-state index contributed by atoms with van der Waals surface area (Å²) in [6, 6.07) is 14.5. The third kappa shape index (κ3) is 4.94. The molecule has 0 fully saturated rings. The predicted octanol–water partition coefficient (Wildman–Crippen LogP) is 4.31. The Kier molecular flexibility index (Phi) is 5.89. The highest BCUT2D eigenvalue weighted by Gasteiger charge is 2.27. The monoisotopic (exact) mass is 368 g/mol. The Bertz CT molecular complexity index is 830. The Morgan fingerprint density at radius 1 is 1.26 bits per heavy atom. The van der Waals surface area contributed by atoms with Gasteiger partial charge in [0.15, 0.2) is 6.10 Å². The van der Waals surface area contributed by atoms with E-state index in [1.807, 2.05) is 51.1 Å². The number of nitrogens with zero attached hydrogens (tertiary/aromatic N) is 2. The summed E-state index contributed by atoms with van der Waals surface area (Å²) in [5.74, 6) is -0.421. The smallest absolute Gasteiger partial charge is 0.225 e. The molecule has 0 saturated heterocycles. The standard InChI is InChI=1S/C22H25FN2O2/c1-15(2)22(26)25(13-17-5-4-6-19(23)11-17)14-20-12-21(24-27-20)18-9-7-16(3)8-10-18/h4-11,15,20H,12-14H2,1-3H3/t20-/m1/s1. The van der Waals surface area contributed by atoms with E-state index in [0.29, 0.717) is 19.5 Å². The molecular weight excluding hydrogens is 343 g/mol. The molecule has 4 nitrogen and oxygen atoms in total. The third-order valence-corrected chi connectivity index (χ3v) is 4.61. The van der Waals surface area contributed by atoms with Gasteiger partial charge in [0.1, 0.15) is 5.82 Å². The van der Waals surface area contributed by atoms with Crippen molar-refractivity contribution in [1.29, 1.82) is 0 Å². The average molecular weight is 368 g/mol. The second-order valence-electron chi connectivity index (χ2n) is 7.34. The van der Waals surface area contributed by atoms with Crippen LogP contribution in [0.15, 0.2) is 53.7 Å². The number of hydrogen-bond donors (Lipinski definition) is 0. The van der Waals surface area contributed by atoms with Gasteiger partial charge in [-0.1, -0.05) is 61.0 Å². The summed E-state index contributed by atoms with van der Waals surface area (Å²) < 4.78 is 13.5. The molecule has 0 aromatic heterocycles. The number of rotatable bonds is 6. The van der Waals surface area contributed by atoms with E-state index in [2.05, 4.69) is 5.16 Å². The maximum Gasteiger partial charge on any atom is 0.225 e. The number of carbonyl (C=O) groups excluding carboxylic acids is 1. The largest absolute Gasteiger partial charge is 0.390 e. The number of amides is 1. The van der Waals surface area contributed by atoms with Crippen molar-refractivity contribution in [2.75, 3.05) is 6.54 Å². The molecule has 5 heteroatoms. The lowest BCUT2D eigenvalue weighted by atomic mass is 10.0. The van der Waals surface area contributed by atoms with Crippen molar-refractivity contribution in [3.63, 3.8) is 0 Å². The van der Waals surface area contributed by atoms with Gasteiger partial charge in [0.05, 0.1) is 12.3 Å². The van der Waals surface area contributed by atoms with Crippen molar-refractivity contribution in [3.8, 4) is 0 Å². The SMILES string of the molecule is Cc1ccc(C2=NO[C@@H](CN(Cc3cccc(F)c3)C(=O)C(C)C)C2)cc1. The summed E-state index contributed by atoms with van der Waals surface area (Å²) in [7, 11) is 0. The van der Waals surface area contributed by atoms with E-state index in [9.17, 15) is 9.18 Å². The quantitative estimate of drug-likeness (QED) is 0.762. The zero-order valence-electron chi connectivity index (χ0n) is 16.0. The van der Waals surface area contributed by atoms with Crippen LogP contribution in [0.5, 0.6) is 0 Å². The molecular formula is C22H25FN2O2. The highest BCUT2D eigenvalue weighted by atomic mass is 19.1. The van der Waals surface area contributed by atoms with E-state index in [-0.39, 0.29) is 23.7 Å². The molecule has 1 aliphatic heterocycles. The molecule has 1 amide bonds. The number of carbonyl (C=O) groups is 1. The topological polar surface area (TPSA) is 41.9 Å². The average Bonchev–Trinajstić information content (AvgIpc) is 3.09. The minimum atomic E-state index is -0.299. The zero-order chi connectivity index (χ0) is 19.4. The molecule has 1 aliphatic rings. The molecule has 1 atom stereocenters. The summed E-state index contributed by atoms with van der Waals surface area (Å²) in [6.45, 7) is 6.55. The second-order valence-corrected chi connectivity index (χ2v) is 7.34. The molecule has 0 bridgehead atoms. The van der Waals surface area contributed by atoms with Crippen LogP contribution in [0.2, 0.25) is 0 Å². The van der Waals surface area contributed by atoms with Gasteiger partial charge in [-0.3, -0.25) is 4.79 Å². The van der Waals surface area contributed by atoms with Crippen LogP contribution in [-0.4, -0.2) is 29.2 Å². The molecule has 3 rings (SSSR count). The fourth-order valence-corrected chi connectivity index (χ4v) is 3.14. The van der Waals surface area contributed by atoms with Crippen molar-refractivity contribution < 1.29 is 14.0 Å². The third-order valence-electron chi connectivity index (χ3n) is 4.61. The molecule has 0 unspecified atom stereocenters. The van der Waals surface area contributed by atoms with Crippen molar-refractivity contribution in [2.24, 2.45) is 11.1 Å². The van der Waals surface area contributed by atoms with Gasteiger partial charge in [0.2, 0.25) is 5.91 Å². The lowest BCUT2D eigenvalue weighted by Crippen LogP contribution is -2.39. The normalized spacial score (nSPS) is 16.2. The highest BCUT2D eigenvalue weighted by molar-refractivity contribution is 6.01. The Balaban J connectivity index is 1.68. The summed E-state index contributed by atoms with van der Waals surface area (Å²) in [4.78, 5) is 20.0. The molecule has 142 valence electrons. The van der Waals surface area contributed by atoms with Crippen LogP contribution in [0.4, 0.5) is 4.39 Å². The van der Waals surface area contributed by atoms with E-state index in [4.69, 9.17) is 4.84 Å². The molecule has 0 radical (unpaired) electrons. The summed E-state index contributed by atoms with van der Waals surface area (Å²) in [5, 5.41) is 4.21. The van der Waals surface area contributed by atoms with Crippen LogP contribution in [0.25, 0.3) is 0 Å². The van der Waals surface area contributed by atoms with Crippen molar-refractivity contribution in [3.05, 3.63) is 71.0 Å². The lowest BCUT2D eigenvalue weighted by molar-refractivity contribution is -0.137. The van der Waals surface area contributed by atoms with Gasteiger partial charge in [-0.05, 0) is 30.2 Å². The van der Waals surface area contributed by atoms with Crippen LogP contribution in [0.3, 0.4) is 0 Å². The van der Waals surface area contributed by atoms with Crippen LogP contribution >= 0.6 is 0 Å². The molecule has 0 spiro atoms. The van der Waals surface area contributed by atoms with Gasteiger partial charge in [-0.15, -0.1) is 0 Å². The Hall–Kier alpha value is -2.69. The summed E-state index contributed by atoms with van der Waals surface area (Å²) >= 11 is 0. The summed E-state index contributed by atoms with van der Waals surface area (Å²) in [6.07, 6.45) is 0.450. The van der Waals surface area contributed by atoms with Crippen LogP contribution in [0, 0.1) is 18.7 Å². The van der Waals surface area contributed by atoms with E-state index < -0.39 is 0 Å². The molecule has 2 aromatic carbocycles. The van der Waals surface area contributed by atoms with Gasteiger partial charge in [0.25, 0.3) is 0 Å². The van der Waals surface area contributed by atoms with E-state index in [1.54, 1.807) is 11.0 Å². The minimum absolute atomic E-state index is 0.0200. The second kappa shape index (κ2) is 8.33. The Morgan fingerprint density at radius 2 is 2.00 bits per heavy atom. The van der Waals surface area contributed by atoms with Crippen molar-refractivity contribution in [2.45, 2.75) is 39.8 Å². The first kappa shape index (κ1) is 19.1. The Labute approximate surface area is 159 Å². The van der Waals surface area contributed by atoms with Gasteiger partial charge in [-0.2, -0.15) is 0 Å². The van der Waals surface area contributed by atoms with Crippen LogP contribution in [-0.2, 0) is 16.2 Å². The van der Waals surface area contributed by atoms with Gasteiger partial charge in [0, 0.05) is 18.9 Å². The van der Waals surface area contributed by atoms with E-state index in [0.717, 1.165) is 16.8 Å². The molecule has 0 saturated carbocycles. The van der Waals surface area contributed by atoms with Crippen LogP contribution in [0.1, 0.15) is 37.0 Å². The van der Waals surface area contributed by atoms with Gasteiger partial charge >= 0.3 is 0 Å². The highest BCUT2D eigenvalue weighted by Crippen LogP contribution is 2.20. The van der Waals surface area contributed by atoms with E-state index in [1.165, 1.54) is 17.7 Å². The number of halogens is 1. The summed E-state index contributed by atoms with van der Waals surface area (Å²) in [5.41, 5.74) is 3.89. The molecule has 1 heterocycles. The maximum absolute atomic E-state index is 13.5. The molecule has 0 N–H and O–H groups in total. The number of hydrogen-bond acceptors (Lipinski definition) is 3. The van der Waals surface area contributed by atoms with E-state index >= 15 is 0 Å². The number of aryl methyl sites for hydroxylation is 1. The molecule has 27 heavy (non-hydrogen) atoms. The van der Waals surface area contributed by atoms with Crippen LogP contribution < -0.4 is 0 Å². The Morgan fingerprint density at radius 3 is 2.67 bits per heavy atom. The maximum atomic E-state index is 13.5.